The van der Waals surface area contributed by atoms with Crippen molar-refractivity contribution < 1.29 is 9.59 Å². The van der Waals surface area contributed by atoms with Crippen molar-refractivity contribution in [1.29, 1.82) is 0 Å². The predicted octanol–water partition coefficient (Wildman–Crippen LogP) is 1.98. The van der Waals surface area contributed by atoms with Gasteiger partial charge in [-0.15, -0.1) is 0 Å². The monoisotopic (exact) mass is 495 g/mol. The van der Waals surface area contributed by atoms with Crippen LogP contribution in [0.3, 0.4) is 0 Å². The third-order valence-electron chi connectivity index (χ3n) is 7.53. The summed E-state index contributed by atoms with van der Waals surface area (Å²) in [5.74, 6) is -0.117. The lowest BCUT2D eigenvalue weighted by Crippen LogP contribution is -2.57. The van der Waals surface area contributed by atoms with Crippen LogP contribution in [0.15, 0.2) is 54.3 Å². The molecule has 4 atom stereocenters. The fourth-order valence-electron chi connectivity index (χ4n) is 5.62. The van der Waals surface area contributed by atoms with Crippen LogP contribution in [0.25, 0.3) is 0 Å². The number of urea groups is 1. The van der Waals surface area contributed by atoms with E-state index in [0.29, 0.717) is 13.1 Å². The van der Waals surface area contributed by atoms with E-state index < -0.39 is 5.54 Å². The summed E-state index contributed by atoms with van der Waals surface area (Å²) in [6, 6.07) is 10.4. The highest BCUT2D eigenvalue weighted by atomic mass is 16.2. The van der Waals surface area contributed by atoms with Crippen molar-refractivity contribution in [3.8, 4) is 0 Å². The fraction of sp³-hybridized carbons (Fsp3) is 0.556. The van der Waals surface area contributed by atoms with Gasteiger partial charge in [0.25, 0.3) is 0 Å². The van der Waals surface area contributed by atoms with E-state index in [1.54, 1.807) is 0 Å². The van der Waals surface area contributed by atoms with Crippen LogP contribution in [-0.4, -0.2) is 72.7 Å². The Morgan fingerprint density at radius 2 is 1.94 bits per heavy atom. The van der Waals surface area contributed by atoms with Crippen LogP contribution in [0.5, 0.6) is 0 Å². The summed E-state index contributed by atoms with van der Waals surface area (Å²) >= 11 is 0. The topological polar surface area (TPSA) is 101 Å². The lowest BCUT2D eigenvalue weighted by Gasteiger charge is -2.37. The molecule has 0 bridgehead atoms. The summed E-state index contributed by atoms with van der Waals surface area (Å²) in [6.45, 7) is 8.97. The van der Waals surface area contributed by atoms with Crippen LogP contribution in [0.4, 0.5) is 4.79 Å². The second-order valence-electron chi connectivity index (χ2n) is 10.9. The molecule has 0 aromatic heterocycles. The van der Waals surface area contributed by atoms with Gasteiger partial charge < -0.3 is 25.9 Å². The maximum Gasteiger partial charge on any atom is 0.318 e. The molecule has 9 nitrogen and oxygen atoms in total. The zero-order valence-electron chi connectivity index (χ0n) is 21.9. The summed E-state index contributed by atoms with van der Waals surface area (Å²) in [7, 11) is 4.03. The number of hydrogen-bond donors (Lipinski definition) is 5. The molecular formula is C27H41N7O2. The minimum Gasteiger partial charge on any atom is -0.350 e. The second kappa shape index (κ2) is 11.0. The first kappa shape index (κ1) is 26.2. The first-order valence-corrected chi connectivity index (χ1v) is 12.9. The zero-order chi connectivity index (χ0) is 25.9. The molecule has 9 heteroatoms. The van der Waals surface area contributed by atoms with Crippen molar-refractivity contribution >= 4 is 11.9 Å². The molecule has 36 heavy (non-hydrogen) atoms. The number of hydrogen-bond acceptors (Lipinski definition) is 6. The first-order chi connectivity index (χ1) is 17.2. The third-order valence-corrected chi connectivity index (χ3v) is 7.53. The average molecular weight is 496 g/mol. The van der Waals surface area contributed by atoms with Gasteiger partial charge in [-0.1, -0.05) is 36.9 Å². The lowest BCUT2D eigenvalue weighted by atomic mass is 9.90. The van der Waals surface area contributed by atoms with Crippen molar-refractivity contribution in [1.82, 2.24) is 36.6 Å². The molecule has 0 radical (unpaired) electrons. The van der Waals surface area contributed by atoms with Crippen LogP contribution < -0.4 is 26.8 Å². The van der Waals surface area contributed by atoms with Crippen LogP contribution in [0.2, 0.25) is 0 Å². The Morgan fingerprint density at radius 3 is 2.64 bits per heavy atom. The number of benzene rings is 1. The largest absolute Gasteiger partial charge is 0.350 e. The molecule has 4 rings (SSSR count). The lowest BCUT2D eigenvalue weighted by molar-refractivity contribution is -0.117. The van der Waals surface area contributed by atoms with Crippen molar-refractivity contribution in [2.24, 2.45) is 0 Å². The van der Waals surface area contributed by atoms with E-state index in [2.05, 4.69) is 64.3 Å². The number of nitrogens with one attached hydrogen (secondary N) is 5. The van der Waals surface area contributed by atoms with E-state index in [1.165, 1.54) is 6.08 Å². The Morgan fingerprint density at radius 1 is 1.22 bits per heavy atom. The van der Waals surface area contributed by atoms with Gasteiger partial charge in [-0.3, -0.25) is 10.1 Å². The molecule has 1 fully saturated rings. The number of carbonyl (C=O) groups excluding carboxylic acids is 2. The minimum atomic E-state index is -0.477. The molecule has 1 saturated carbocycles. The number of carbonyl (C=O) groups is 2. The van der Waals surface area contributed by atoms with Gasteiger partial charge in [0.05, 0.1) is 17.3 Å². The highest BCUT2D eigenvalue weighted by Gasteiger charge is 2.48. The zero-order valence-corrected chi connectivity index (χ0v) is 21.9. The molecule has 2 aliphatic heterocycles. The third kappa shape index (κ3) is 5.74. The van der Waals surface area contributed by atoms with Gasteiger partial charge in [0.2, 0.25) is 5.91 Å². The normalized spacial score (nSPS) is 25.8. The second-order valence-corrected chi connectivity index (χ2v) is 10.9. The van der Waals surface area contributed by atoms with Crippen LogP contribution in [0.1, 0.15) is 51.1 Å². The maximum atomic E-state index is 13.6. The van der Waals surface area contributed by atoms with Gasteiger partial charge in [-0.25, -0.2) is 10.2 Å². The Kier molecular flexibility index (Phi) is 8.02. The van der Waals surface area contributed by atoms with E-state index in [9.17, 15) is 9.59 Å². The Balaban J connectivity index is 1.41. The van der Waals surface area contributed by atoms with Gasteiger partial charge in [0.1, 0.15) is 6.17 Å². The summed E-state index contributed by atoms with van der Waals surface area (Å²) in [4.78, 5) is 29.3. The summed E-state index contributed by atoms with van der Waals surface area (Å²) in [5, 5.41) is 10.0. The van der Waals surface area contributed by atoms with Crippen molar-refractivity contribution in [3.05, 3.63) is 59.8 Å². The van der Waals surface area contributed by atoms with Gasteiger partial charge in [0.15, 0.2) is 0 Å². The Bertz CT molecular complexity index is 991. The Labute approximate surface area is 214 Å². The van der Waals surface area contributed by atoms with Crippen molar-refractivity contribution in [2.75, 3.05) is 27.2 Å². The fourth-order valence-corrected chi connectivity index (χ4v) is 5.62. The molecule has 1 aromatic carbocycles. The summed E-state index contributed by atoms with van der Waals surface area (Å²) < 4.78 is 0. The molecule has 5 N–H and O–H groups in total. The quantitative estimate of drug-likeness (QED) is 0.354. The predicted molar refractivity (Wildman–Crippen MR) is 142 cm³/mol. The van der Waals surface area contributed by atoms with Crippen molar-refractivity contribution in [3.63, 3.8) is 0 Å². The number of amides is 3. The highest BCUT2D eigenvalue weighted by molar-refractivity contribution is 5.87. The van der Waals surface area contributed by atoms with Gasteiger partial charge in [0, 0.05) is 30.7 Å². The number of rotatable bonds is 8. The first-order valence-electron chi connectivity index (χ1n) is 12.9. The molecule has 0 spiro atoms. The molecule has 196 valence electrons. The number of likely N-dealkylation sites (N-methyl/N-ethyl adjacent to an activating group) is 1. The Hall–Kier alpha value is -2.88. The van der Waals surface area contributed by atoms with E-state index >= 15 is 0 Å². The molecule has 1 aromatic rings. The van der Waals surface area contributed by atoms with E-state index in [1.807, 2.05) is 37.2 Å². The molecule has 3 amide bonds. The maximum absolute atomic E-state index is 13.6. The molecule has 3 aliphatic rings. The summed E-state index contributed by atoms with van der Waals surface area (Å²) in [6.07, 6.45) is 5.23. The molecular weight excluding hydrogens is 454 g/mol. The van der Waals surface area contributed by atoms with Crippen LogP contribution >= 0.6 is 0 Å². The van der Waals surface area contributed by atoms with E-state index in [0.717, 1.165) is 42.5 Å². The van der Waals surface area contributed by atoms with Crippen molar-refractivity contribution in [2.45, 2.75) is 69.4 Å². The summed E-state index contributed by atoms with van der Waals surface area (Å²) in [5.41, 5.74) is 9.56. The van der Waals surface area contributed by atoms with Crippen LogP contribution in [0, 0.1) is 0 Å². The molecule has 1 aliphatic carbocycles. The van der Waals surface area contributed by atoms with Gasteiger partial charge in [-0.2, -0.15) is 0 Å². The van der Waals surface area contributed by atoms with Gasteiger partial charge >= 0.3 is 6.03 Å². The smallest absolute Gasteiger partial charge is 0.318 e. The number of hydrazine groups is 1. The van der Waals surface area contributed by atoms with Crippen LogP contribution in [-0.2, 0) is 4.79 Å². The SMILES string of the molecule is C=CC(=O)N[C@H]1CCC[C@@H](NC2NNC3=C2CN(C(=O)N[C@H](CN(C)C)c2ccccc2)C3(C)C)C1. The van der Waals surface area contributed by atoms with E-state index in [-0.39, 0.29) is 36.2 Å². The highest BCUT2D eigenvalue weighted by Crippen LogP contribution is 2.36. The molecule has 1 unspecified atom stereocenters. The minimum absolute atomic E-state index is 0.0670. The standard InChI is InChI=1S/C27H41N7O2/c1-6-23(35)28-19-13-10-14-20(15-19)29-25-21-16-34(27(2,3)24(21)31-32-25)26(36)30-22(17-33(4)5)18-11-8-7-9-12-18/h6-9,11-12,19-20,22,25,29,31-32H,1,10,13-17H2,2-5H3,(H,28,35)(H,30,36)/t19-,20+,22+,25?/m0/s1. The average Bonchev–Trinajstić information content (AvgIpc) is 3.36. The molecule has 0 saturated heterocycles. The van der Waals surface area contributed by atoms with Gasteiger partial charge in [-0.05, 0) is 65.3 Å². The van der Waals surface area contributed by atoms with E-state index in [4.69, 9.17) is 0 Å². The number of nitrogens with zero attached hydrogens (tertiary/aromatic N) is 2. The molecule has 2 heterocycles.